The van der Waals surface area contributed by atoms with Gasteiger partial charge >= 0.3 is 0 Å². The fourth-order valence-corrected chi connectivity index (χ4v) is 2.96. The summed E-state index contributed by atoms with van der Waals surface area (Å²) in [5, 5.41) is 4.08. The molecule has 6 nitrogen and oxygen atoms in total. The summed E-state index contributed by atoms with van der Waals surface area (Å²) in [7, 11) is 0. The number of rotatable bonds is 5. The highest BCUT2D eigenvalue weighted by atomic mass is 16.5. The molecular formula is C14H24N4O2. The second-order valence-electron chi connectivity index (χ2n) is 6.10. The molecule has 2 fully saturated rings. The van der Waals surface area contributed by atoms with Crippen LogP contribution in [0.4, 0.5) is 0 Å². The summed E-state index contributed by atoms with van der Waals surface area (Å²) in [6.07, 6.45) is 5.08. The van der Waals surface area contributed by atoms with E-state index in [2.05, 4.69) is 22.0 Å². The molecule has 6 heteroatoms. The molecule has 20 heavy (non-hydrogen) atoms. The Kier molecular flexibility index (Phi) is 4.05. The fraction of sp³-hybridized carbons (Fsp3) is 0.857. The van der Waals surface area contributed by atoms with Crippen LogP contribution in [-0.4, -0.2) is 46.8 Å². The highest BCUT2D eigenvalue weighted by Crippen LogP contribution is 2.32. The summed E-state index contributed by atoms with van der Waals surface area (Å²) in [6.45, 7) is 5.85. The zero-order chi connectivity index (χ0) is 14.0. The second kappa shape index (κ2) is 5.79. The SMILES string of the molecule is CCCN1CCOC(c2noc(CC3(N)CCC3)n2)C1. The highest BCUT2D eigenvalue weighted by Gasteiger charge is 2.35. The average molecular weight is 280 g/mol. The molecule has 0 aromatic carbocycles. The topological polar surface area (TPSA) is 77.4 Å². The molecule has 0 bridgehead atoms. The molecule has 1 aliphatic heterocycles. The molecule has 0 amide bonds. The minimum atomic E-state index is -0.120. The molecule has 2 aliphatic rings. The van der Waals surface area contributed by atoms with Crippen molar-refractivity contribution < 1.29 is 9.26 Å². The van der Waals surface area contributed by atoms with Crippen LogP contribution < -0.4 is 5.73 Å². The van der Waals surface area contributed by atoms with Crippen LogP contribution >= 0.6 is 0 Å². The Hall–Kier alpha value is -0.980. The zero-order valence-electron chi connectivity index (χ0n) is 12.2. The van der Waals surface area contributed by atoms with Crippen LogP contribution in [0.1, 0.15) is 50.4 Å². The van der Waals surface area contributed by atoms with Gasteiger partial charge in [0.1, 0.15) is 6.10 Å². The van der Waals surface area contributed by atoms with Gasteiger partial charge in [-0.15, -0.1) is 0 Å². The van der Waals surface area contributed by atoms with Crippen LogP contribution in [-0.2, 0) is 11.2 Å². The number of hydrogen-bond acceptors (Lipinski definition) is 6. The van der Waals surface area contributed by atoms with E-state index in [1.807, 2.05) is 0 Å². The van der Waals surface area contributed by atoms with Gasteiger partial charge in [0.2, 0.25) is 11.7 Å². The van der Waals surface area contributed by atoms with Gasteiger partial charge in [0.25, 0.3) is 0 Å². The number of aromatic nitrogens is 2. The highest BCUT2D eigenvalue weighted by molar-refractivity contribution is 5.02. The van der Waals surface area contributed by atoms with Gasteiger partial charge in [-0.2, -0.15) is 4.98 Å². The van der Waals surface area contributed by atoms with E-state index in [9.17, 15) is 0 Å². The Morgan fingerprint density at radius 3 is 3.00 bits per heavy atom. The molecule has 2 N–H and O–H groups in total. The van der Waals surface area contributed by atoms with Crippen molar-refractivity contribution in [1.29, 1.82) is 0 Å². The van der Waals surface area contributed by atoms with Crippen molar-refractivity contribution in [2.45, 2.75) is 50.7 Å². The first kappa shape index (κ1) is 14.0. The van der Waals surface area contributed by atoms with Gasteiger partial charge in [-0.25, -0.2) is 0 Å². The minimum absolute atomic E-state index is 0.0667. The van der Waals surface area contributed by atoms with Crippen LogP contribution in [0.25, 0.3) is 0 Å². The molecule has 0 radical (unpaired) electrons. The Morgan fingerprint density at radius 2 is 2.30 bits per heavy atom. The van der Waals surface area contributed by atoms with Crippen LogP contribution in [0.5, 0.6) is 0 Å². The molecule has 1 aromatic heterocycles. The van der Waals surface area contributed by atoms with Crippen LogP contribution in [0.15, 0.2) is 4.52 Å². The van der Waals surface area contributed by atoms with Gasteiger partial charge in [-0.3, -0.25) is 4.90 Å². The summed E-state index contributed by atoms with van der Waals surface area (Å²) in [5.41, 5.74) is 6.10. The van der Waals surface area contributed by atoms with Gasteiger partial charge in [0.15, 0.2) is 0 Å². The van der Waals surface area contributed by atoms with E-state index < -0.39 is 0 Å². The largest absolute Gasteiger partial charge is 0.367 e. The normalized spacial score (nSPS) is 26.4. The van der Waals surface area contributed by atoms with Crippen molar-refractivity contribution in [2.24, 2.45) is 5.73 Å². The van der Waals surface area contributed by atoms with Crippen LogP contribution in [0, 0.1) is 0 Å². The smallest absolute Gasteiger partial charge is 0.228 e. The molecule has 1 aliphatic carbocycles. The van der Waals surface area contributed by atoms with Crippen molar-refractivity contribution >= 4 is 0 Å². The van der Waals surface area contributed by atoms with Crippen molar-refractivity contribution in [3.05, 3.63) is 11.7 Å². The van der Waals surface area contributed by atoms with Crippen LogP contribution in [0.2, 0.25) is 0 Å². The molecular weight excluding hydrogens is 256 g/mol. The van der Waals surface area contributed by atoms with E-state index in [0.717, 1.165) is 45.5 Å². The van der Waals surface area contributed by atoms with Gasteiger partial charge in [-0.1, -0.05) is 12.1 Å². The van der Waals surface area contributed by atoms with Gasteiger partial charge in [-0.05, 0) is 32.2 Å². The third-order valence-corrected chi connectivity index (χ3v) is 4.31. The van der Waals surface area contributed by atoms with E-state index in [1.54, 1.807) is 0 Å². The molecule has 112 valence electrons. The number of hydrogen-bond donors (Lipinski definition) is 1. The minimum Gasteiger partial charge on any atom is -0.367 e. The molecule has 1 saturated heterocycles. The van der Waals surface area contributed by atoms with Crippen molar-refractivity contribution in [1.82, 2.24) is 15.0 Å². The predicted molar refractivity (Wildman–Crippen MR) is 74.2 cm³/mol. The predicted octanol–water partition coefficient (Wildman–Crippen LogP) is 1.28. The van der Waals surface area contributed by atoms with Gasteiger partial charge in [0.05, 0.1) is 6.61 Å². The molecule has 1 unspecified atom stereocenters. The summed E-state index contributed by atoms with van der Waals surface area (Å²) in [4.78, 5) is 6.88. The summed E-state index contributed by atoms with van der Waals surface area (Å²) in [5.74, 6) is 1.32. The average Bonchev–Trinajstić information content (AvgIpc) is 2.86. The molecule has 0 spiro atoms. The van der Waals surface area contributed by atoms with E-state index >= 15 is 0 Å². The monoisotopic (exact) mass is 280 g/mol. The maximum absolute atomic E-state index is 6.22. The standard InChI is InChI=1S/C14H24N4O2/c1-2-6-18-7-8-19-11(10-18)13-16-12(20-17-13)9-14(15)4-3-5-14/h11H,2-10,15H2,1H3. The van der Waals surface area contributed by atoms with Crippen molar-refractivity contribution in [2.75, 3.05) is 26.2 Å². The molecule has 1 atom stereocenters. The Labute approximate surface area is 119 Å². The Bertz CT molecular complexity index is 442. The van der Waals surface area contributed by atoms with E-state index in [1.165, 1.54) is 6.42 Å². The van der Waals surface area contributed by atoms with Crippen molar-refractivity contribution in [3.63, 3.8) is 0 Å². The van der Waals surface area contributed by atoms with E-state index in [4.69, 9.17) is 15.0 Å². The lowest BCUT2D eigenvalue weighted by Crippen LogP contribution is -2.48. The van der Waals surface area contributed by atoms with Crippen molar-refractivity contribution in [3.8, 4) is 0 Å². The summed E-state index contributed by atoms with van der Waals surface area (Å²) >= 11 is 0. The molecule has 3 rings (SSSR count). The summed E-state index contributed by atoms with van der Waals surface area (Å²) < 4.78 is 11.1. The number of ether oxygens (including phenoxy) is 1. The third kappa shape index (κ3) is 3.02. The van der Waals surface area contributed by atoms with Gasteiger partial charge < -0.3 is 15.0 Å². The first-order valence-corrected chi connectivity index (χ1v) is 7.64. The lowest BCUT2D eigenvalue weighted by molar-refractivity contribution is -0.0350. The fourth-order valence-electron chi connectivity index (χ4n) is 2.96. The van der Waals surface area contributed by atoms with Crippen LogP contribution in [0.3, 0.4) is 0 Å². The Morgan fingerprint density at radius 1 is 1.45 bits per heavy atom. The molecule has 2 heterocycles. The number of morpholine rings is 1. The first-order valence-electron chi connectivity index (χ1n) is 7.64. The number of nitrogens with two attached hydrogens (primary N) is 1. The lowest BCUT2D eigenvalue weighted by atomic mass is 9.75. The maximum Gasteiger partial charge on any atom is 0.228 e. The lowest BCUT2D eigenvalue weighted by Gasteiger charge is -2.36. The zero-order valence-corrected chi connectivity index (χ0v) is 12.2. The maximum atomic E-state index is 6.22. The summed E-state index contributed by atoms with van der Waals surface area (Å²) in [6, 6.07) is 0. The van der Waals surface area contributed by atoms with E-state index in [0.29, 0.717) is 18.1 Å². The van der Waals surface area contributed by atoms with E-state index in [-0.39, 0.29) is 11.6 Å². The quantitative estimate of drug-likeness (QED) is 0.875. The Balaban J connectivity index is 1.61. The molecule has 1 saturated carbocycles. The van der Waals surface area contributed by atoms with Gasteiger partial charge in [0, 0.05) is 25.0 Å². The third-order valence-electron chi connectivity index (χ3n) is 4.31. The first-order chi connectivity index (χ1) is 9.68. The second-order valence-corrected chi connectivity index (χ2v) is 6.10. The molecule has 1 aromatic rings. The number of nitrogens with zero attached hydrogens (tertiary/aromatic N) is 3.